The van der Waals surface area contributed by atoms with E-state index < -0.39 is 6.10 Å². The summed E-state index contributed by atoms with van der Waals surface area (Å²) in [5, 5.41) is 10.4. The lowest BCUT2D eigenvalue weighted by Crippen LogP contribution is -2.04. The van der Waals surface area contributed by atoms with E-state index in [-0.39, 0.29) is 0 Å². The first-order valence-electron chi connectivity index (χ1n) is 6.60. The van der Waals surface area contributed by atoms with Crippen molar-refractivity contribution in [3.8, 4) is 5.75 Å². The van der Waals surface area contributed by atoms with Crippen molar-refractivity contribution in [1.82, 2.24) is 4.98 Å². The molecule has 1 fully saturated rings. The van der Waals surface area contributed by atoms with E-state index in [1.165, 1.54) is 0 Å². The van der Waals surface area contributed by atoms with Crippen LogP contribution in [0.5, 0.6) is 5.75 Å². The molecule has 0 spiro atoms. The molecule has 1 unspecified atom stereocenters. The highest BCUT2D eigenvalue weighted by molar-refractivity contribution is 5.34. The fourth-order valence-corrected chi connectivity index (χ4v) is 2.02. The van der Waals surface area contributed by atoms with E-state index in [0.717, 1.165) is 29.8 Å². The van der Waals surface area contributed by atoms with Gasteiger partial charge in [0.2, 0.25) is 0 Å². The lowest BCUT2D eigenvalue weighted by Gasteiger charge is -2.13. The Morgan fingerprint density at radius 1 is 1.21 bits per heavy atom. The van der Waals surface area contributed by atoms with E-state index >= 15 is 0 Å². The average molecular weight is 255 g/mol. The van der Waals surface area contributed by atoms with Gasteiger partial charge in [0.25, 0.3) is 0 Å². The molecule has 2 aromatic rings. The van der Waals surface area contributed by atoms with Gasteiger partial charge >= 0.3 is 0 Å². The minimum absolute atomic E-state index is 0.365. The molecule has 0 radical (unpaired) electrons. The van der Waals surface area contributed by atoms with Crippen molar-refractivity contribution < 1.29 is 9.84 Å². The van der Waals surface area contributed by atoms with Gasteiger partial charge in [-0.2, -0.15) is 0 Å². The van der Waals surface area contributed by atoms with Crippen LogP contribution >= 0.6 is 0 Å². The second-order valence-corrected chi connectivity index (χ2v) is 5.00. The van der Waals surface area contributed by atoms with Gasteiger partial charge in [-0.25, -0.2) is 0 Å². The molecule has 1 saturated carbocycles. The number of ether oxygens (including phenoxy) is 1. The standard InChI is InChI=1S/C16H17NO2/c1-11-4-2-7-15(17-11)16(18)12-5-3-6-14(10-12)19-13-8-9-13/h2-7,10,13,16,18H,8-9H2,1H3. The molecule has 0 amide bonds. The highest BCUT2D eigenvalue weighted by Gasteiger charge is 2.23. The Hall–Kier alpha value is -1.87. The topological polar surface area (TPSA) is 42.4 Å². The van der Waals surface area contributed by atoms with Gasteiger partial charge in [0.1, 0.15) is 11.9 Å². The van der Waals surface area contributed by atoms with Gasteiger partial charge in [0.15, 0.2) is 0 Å². The molecule has 19 heavy (non-hydrogen) atoms. The number of aryl methyl sites for hydroxylation is 1. The third kappa shape index (κ3) is 2.93. The summed E-state index contributed by atoms with van der Waals surface area (Å²) in [5.41, 5.74) is 2.39. The smallest absolute Gasteiger partial charge is 0.121 e. The van der Waals surface area contributed by atoms with Gasteiger partial charge < -0.3 is 9.84 Å². The first-order chi connectivity index (χ1) is 9.22. The molecule has 1 heterocycles. The molecule has 0 bridgehead atoms. The van der Waals surface area contributed by atoms with Gasteiger partial charge in [-0.05, 0) is 49.6 Å². The van der Waals surface area contributed by atoms with E-state index in [4.69, 9.17) is 4.74 Å². The van der Waals surface area contributed by atoms with Crippen LogP contribution in [-0.4, -0.2) is 16.2 Å². The SMILES string of the molecule is Cc1cccc(C(O)c2cccc(OC3CC3)c2)n1. The third-order valence-corrected chi connectivity index (χ3v) is 3.19. The van der Waals surface area contributed by atoms with Crippen LogP contribution in [0.2, 0.25) is 0 Å². The molecule has 3 heteroatoms. The summed E-state index contributed by atoms with van der Waals surface area (Å²) in [6.07, 6.45) is 1.92. The summed E-state index contributed by atoms with van der Waals surface area (Å²) in [7, 11) is 0. The van der Waals surface area contributed by atoms with Crippen LogP contribution in [0.1, 0.15) is 35.9 Å². The summed E-state index contributed by atoms with van der Waals surface area (Å²) in [6.45, 7) is 1.92. The molecule has 1 atom stereocenters. The van der Waals surface area contributed by atoms with Crippen LogP contribution in [0.4, 0.5) is 0 Å². The van der Waals surface area contributed by atoms with E-state index in [2.05, 4.69) is 4.98 Å². The van der Waals surface area contributed by atoms with Crippen molar-refractivity contribution in [2.24, 2.45) is 0 Å². The number of aromatic nitrogens is 1. The zero-order chi connectivity index (χ0) is 13.2. The number of hydrogen-bond donors (Lipinski definition) is 1. The summed E-state index contributed by atoms with van der Waals surface area (Å²) >= 11 is 0. The highest BCUT2D eigenvalue weighted by Crippen LogP contribution is 2.29. The molecular weight excluding hydrogens is 238 g/mol. The molecule has 0 aliphatic heterocycles. The molecule has 1 aromatic carbocycles. The fraction of sp³-hybridized carbons (Fsp3) is 0.312. The van der Waals surface area contributed by atoms with E-state index in [1.807, 2.05) is 49.4 Å². The minimum atomic E-state index is -0.706. The second kappa shape index (κ2) is 5.02. The Bertz CT molecular complexity index is 578. The van der Waals surface area contributed by atoms with Gasteiger partial charge in [-0.3, -0.25) is 4.98 Å². The quantitative estimate of drug-likeness (QED) is 0.913. The summed E-state index contributed by atoms with van der Waals surface area (Å²) in [6, 6.07) is 13.3. The number of benzene rings is 1. The first kappa shape index (κ1) is 12.2. The number of aliphatic hydroxyl groups excluding tert-OH is 1. The van der Waals surface area contributed by atoms with Crippen LogP contribution in [0.15, 0.2) is 42.5 Å². The van der Waals surface area contributed by atoms with Crippen LogP contribution in [-0.2, 0) is 0 Å². The van der Waals surface area contributed by atoms with Crippen molar-refractivity contribution in [2.75, 3.05) is 0 Å². The maximum absolute atomic E-state index is 10.4. The second-order valence-electron chi connectivity index (χ2n) is 5.00. The summed E-state index contributed by atoms with van der Waals surface area (Å²) < 4.78 is 5.74. The zero-order valence-electron chi connectivity index (χ0n) is 10.9. The summed E-state index contributed by atoms with van der Waals surface area (Å²) in [5.74, 6) is 0.826. The number of aliphatic hydroxyl groups is 1. The fourth-order valence-electron chi connectivity index (χ4n) is 2.02. The predicted octanol–water partition coefficient (Wildman–Crippen LogP) is 3.01. The van der Waals surface area contributed by atoms with Gasteiger partial charge in [0.05, 0.1) is 11.8 Å². The van der Waals surface area contributed by atoms with Crippen LogP contribution in [0.25, 0.3) is 0 Å². The van der Waals surface area contributed by atoms with Crippen molar-refractivity contribution in [3.05, 3.63) is 59.4 Å². The minimum Gasteiger partial charge on any atom is -0.490 e. The number of rotatable bonds is 4. The van der Waals surface area contributed by atoms with Gasteiger partial charge in [-0.1, -0.05) is 18.2 Å². The maximum atomic E-state index is 10.4. The largest absolute Gasteiger partial charge is 0.490 e. The van der Waals surface area contributed by atoms with Gasteiger partial charge in [0, 0.05) is 5.69 Å². The zero-order valence-corrected chi connectivity index (χ0v) is 10.9. The number of hydrogen-bond acceptors (Lipinski definition) is 3. The van der Waals surface area contributed by atoms with Crippen LogP contribution in [0.3, 0.4) is 0 Å². The number of pyridine rings is 1. The highest BCUT2D eigenvalue weighted by atomic mass is 16.5. The van der Waals surface area contributed by atoms with Crippen LogP contribution < -0.4 is 4.74 Å². The monoisotopic (exact) mass is 255 g/mol. The molecule has 1 aromatic heterocycles. The van der Waals surface area contributed by atoms with Gasteiger partial charge in [-0.15, -0.1) is 0 Å². The van der Waals surface area contributed by atoms with Crippen molar-refractivity contribution in [3.63, 3.8) is 0 Å². The predicted molar refractivity (Wildman–Crippen MR) is 73.1 cm³/mol. The Morgan fingerprint density at radius 2 is 2.00 bits per heavy atom. The molecule has 0 saturated heterocycles. The normalized spacial score (nSPS) is 16.1. The van der Waals surface area contributed by atoms with Crippen molar-refractivity contribution in [2.45, 2.75) is 32.0 Å². The molecular formula is C16H17NO2. The first-order valence-corrected chi connectivity index (χ1v) is 6.60. The van der Waals surface area contributed by atoms with Crippen molar-refractivity contribution in [1.29, 1.82) is 0 Å². The Morgan fingerprint density at radius 3 is 2.74 bits per heavy atom. The number of nitrogens with zero attached hydrogens (tertiary/aromatic N) is 1. The average Bonchev–Trinajstić information content (AvgIpc) is 3.22. The molecule has 1 aliphatic rings. The Labute approximate surface area is 112 Å². The maximum Gasteiger partial charge on any atom is 0.121 e. The van der Waals surface area contributed by atoms with Crippen LogP contribution in [0, 0.1) is 6.92 Å². The lowest BCUT2D eigenvalue weighted by atomic mass is 10.1. The Balaban J connectivity index is 1.83. The molecule has 1 N–H and O–H groups in total. The molecule has 3 nitrogen and oxygen atoms in total. The third-order valence-electron chi connectivity index (χ3n) is 3.19. The molecule has 98 valence electrons. The summed E-state index contributed by atoms with van der Waals surface area (Å²) in [4.78, 5) is 4.36. The molecule has 1 aliphatic carbocycles. The van der Waals surface area contributed by atoms with E-state index in [1.54, 1.807) is 0 Å². The van der Waals surface area contributed by atoms with Crippen molar-refractivity contribution >= 4 is 0 Å². The van der Waals surface area contributed by atoms with E-state index in [9.17, 15) is 5.11 Å². The van der Waals surface area contributed by atoms with E-state index in [0.29, 0.717) is 11.8 Å². The Kier molecular flexibility index (Phi) is 3.22. The molecule has 3 rings (SSSR count). The lowest BCUT2D eigenvalue weighted by molar-refractivity contribution is 0.214.